The van der Waals surface area contributed by atoms with Gasteiger partial charge in [-0.15, -0.1) is 0 Å². The molecule has 2 aromatic carbocycles. The molecule has 0 N–H and O–H groups in total. The molecule has 11 nitrogen and oxygen atoms in total. The van der Waals surface area contributed by atoms with Crippen molar-refractivity contribution in [3.8, 4) is 22.8 Å². The summed E-state index contributed by atoms with van der Waals surface area (Å²) in [5.74, 6) is 1.28. The third-order valence-electron chi connectivity index (χ3n) is 6.99. The Morgan fingerprint density at radius 3 is 2.50 bits per heavy atom. The first-order chi connectivity index (χ1) is 21.2. The molecule has 0 fully saturated rings. The van der Waals surface area contributed by atoms with Gasteiger partial charge in [-0.3, -0.25) is 19.5 Å². The Hall–Kier alpha value is -4.97. The van der Waals surface area contributed by atoms with Gasteiger partial charge >= 0.3 is 5.97 Å². The summed E-state index contributed by atoms with van der Waals surface area (Å²) in [7, 11) is 0. The minimum atomic E-state index is -0.831. The summed E-state index contributed by atoms with van der Waals surface area (Å²) in [4.78, 5) is 43.2. The highest BCUT2D eigenvalue weighted by molar-refractivity contribution is 7.07. The molecule has 44 heavy (non-hydrogen) atoms. The van der Waals surface area contributed by atoms with E-state index in [1.54, 1.807) is 69.3 Å². The summed E-state index contributed by atoms with van der Waals surface area (Å²) in [6.45, 7) is 9.83. The number of allylic oxidation sites excluding steroid dienone is 1. The lowest BCUT2D eigenvalue weighted by molar-refractivity contribution is -0.385. The molecule has 3 heterocycles. The maximum Gasteiger partial charge on any atom is 0.338 e. The summed E-state index contributed by atoms with van der Waals surface area (Å²) in [5.41, 5.74) is 2.02. The molecule has 4 aromatic rings. The number of hydrogen-bond acceptors (Lipinski definition) is 10. The molecule has 0 aliphatic carbocycles. The Balaban J connectivity index is 1.63. The van der Waals surface area contributed by atoms with E-state index in [2.05, 4.69) is 4.99 Å². The molecule has 0 unspecified atom stereocenters. The Morgan fingerprint density at radius 1 is 1.05 bits per heavy atom. The Kier molecular flexibility index (Phi) is 8.81. The molecule has 1 aliphatic rings. The van der Waals surface area contributed by atoms with E-state index in [0.29, 0.717) is 68.0 Å². The fraction of sp³-hybridized carbons (Fsp3) is 0.281. The van der Waals surface area contributed by atoms with Crippen LogP contribution in [-0.2, 0) is 9.53 Å². The predicted molar refractivity (Wildman–Crippen MR) is 165 cm³/mol. The molecule has 1 aliphatic heterocycles. The highest BCUT2D eigenvalue weighted by Gasteiger charge is 2.34. The number of esters is 1. The normalized spacial score (nSPS) is 14.7. The zero-order valence-electron chi connectivity index (χ0n) is 24.9. The lowest BCUT2D eigenvalue weighted by atomic mass is 9.95. The van der Waals surface area contributed by atoms with Crippen molar-refractivity contribution < 1.29 is 28.3 Å². The highest BCUT2D eigenvalue weighted by Crippen LogP contribution is 2.36. The van der Waals surface area contributed by atoms with Crippen LogP contribution in [0.15, 0.2) is 74.0 Å². The number of ether oxygens (including phenoxy) is 3. The van der Waals surface area contributed by atoms with Crippen molar-refractivity contribution in [1.82, 2.24) is 4.57 Å². The van der Waals surface area contributed by atoms with Crippen LogP contribution in [0.2, 0.25) is 0 Å². The first kappa shape index (κ1) is 30.5. The lowest BCUT2D eigenvalue weighted by Gasteiger charge is -2.25. The van der Waals surface area contributed by atoms with E-state index in [1.165, 1.54) is 10.6 Å². The zero-order chi connectivity index (χ0) is 31.5. The van der Waals surface area contributed by atoms with Gasteiger partial charge in [-0.05, 0) is 64.4 Å². The van der Waals surface area contributed by atoms with E-state index in [9.17, 15) is 19.7 Å². The maximum atomic E-state index is 14.0. The van der Waals surface area contributed by atoms with Gasteiger partial charge in [0.1, 0.15) is 11.5 Å². The molecule has 0 spiro atoms. The van der Waals surface area contributed by atoms with E-state index in [4.69, 9.17) is 18.6 Å². The molecule has 0 saturated heterocycles. The zero-order valence-corrected chi connectivity index (χ0v) is 25.7. The summed E-state index contributed by atoms with van der Waals surface area (Å²) >= 11 is 1.16. The number of aromatic nitrogens is 1. The number of hydrogen-bond donors (Lipinski definition) is 0. The molecule has 0 amide bonds. The van der Waals surface area contributed by atoms with Gasteiger partial charge in [-0.2, -0.15) is 0 Å². The number of furan rings is 1. The van der Waals surface area contributed by atoms with Gasteiger partial charge in [-0.25, -0.2) is 9.79 Å². The average Bonchev–Trinajstić information content (AvgIpc) is 3.58. The van der Waals surface area contributed by atoms with Crippen molar-refractivity contribution in [3.05, 3.63) is 106 Å². The molecule has 12 heteroatoms. The second-order valence-corrected chi connectivity index (χ2v) is 10.8. The number of fused-ring (bicyclic) bond motifs is 1. The van der Waals surface area contributed by atoms with Crippen LogP contribution in [0.3, 0.4) is 0 Å². The lowest BCUT2D eigenvalue weighted by Crippen LogP contribution is -2.40. The van der Waals surface area contributed by atoms with Crippen LogP contribution in [0, 0.1) is 17.0 Å². The number of nitrogens with zero attached hydrogens (tertiary/aromatic N) is 3. The molecule has 0 saturated carbocycles. The summed E-state index contributed by atoms with van der Waals surface area (Å²) in [6, 6.07) is 12.7. The summed E-state index contributed by atoms with van der Waals surface area (Å²) < 4.78 is 24.7. The van der Waals surface area contributed by atoms with Crippen molar-refractivity contribution in [3.63, 3.8) is 0 Å². The number of benzene rings is 2. The Morgan fingerprint density at radius 2 is 1.80 bits per heavy atom. The van der Waals surface area contributed by atoms with E-state index >= 15 is 0 Å². The van der Waals surface area contributed by atoms with Gasteiger partial charge in [0.05, 0.1) is 46.6 Å². The summed E-state index contributed by atoms with van der Waals surface area (Å²) in [6.07, 6.45) is 1.60. The van der Waals surface area contributed by atoms with Gasteiger partial charge in [-0.1, -0.05) is 29.5 Å². The SMILES string of the molecule is CCOC(=O)C1=C(C)N=c2s/c(=C\c3ccc(-c4ccc(C)c([N+](=O)[O-])c4)o3)c(=O)n2[C@H]1c1ccc(OCC)c(OCC)c1. The number of nitro groups is 1. The number of thiazole rings is 1. The van der Waals surface area contributed by atoms with E-state index in [1.807, 2.05) is 13.8 Å². The fourth-order valence-electron chi connectivity index (χ4n) is 5.02. The standard InChI is InChI=1S/C32H31N3O8S/c1-6-40-25-13-11-21(16-26(25)41-7-2)29-28(31(37)42-8-3)19(5)33-32-34(29)30(36)27(44-32)17-22-12-14-24(43-22)20-10-9-18(4)23(15-20)35(38)39/h9-17,29H,6-8H2,1-5H3/b27-17-/t29-/m0/s1. The van der Waals surface area contributed by atoms with Crippen molar-refractivity contribution in [2.24, 2.45) is 4.99 Å². The predicted octanol–water partition coefficient (Wildman–Crippen LogP) is 5.07. The van der Waals surface area contributed by atoms with E-state index in [0.717, 1.165) is 11.3 Å². The summed E-state index contributed by atoms with van der Waals surface area (Å²) in [5, 5.41) is 11.4. The molecule has 5 rings (SSSR count). The van der Waals surface area contributed by atoms with Gasteiger partial charge in [0.15, 0.2) is 16.3 Å². The van der Waals surface area contributed by atoms with Crippen molar-refractivity contribution >= 4 is 29.1 Å². The van der Waals surface area contributed by atoms with Gasteiger partial charge in [0, 0.05) is 23.3 Å². The number of aryl methyl sites for hydroxylation is 1. The van der Waals surface area contributed by atoms with E-state index in [-0.39, 0.29) is 23.4 Å². The minimum absolute atomic E-state index is 0.0108. The van der Waals surface area contributed by atoms with Crippen LogP contribution in [0.4, 0.5) is 5.69 Å². The molecular formula is C32H31N3O8S. The van der Waals surface area contributed by atoms with Crippen LogP contribution >= 0.6 is 11.3 Å². The highest BCUT2D eigenvalue weighted by atomic mass is 32.1. The molecule has 0 bridgehead atoms. The first-order valence-corrected chi connectivity index (χ1v) is 14.9. The number of carbonyl (C=O) groups excluding carboxylic acids is 1. The van der Waals surface area contributed by atoms with Crippen LogP contribution < -0.4 is 24.4 Å². The third kappa shape index (κ3) is 5.80. The quantitative estimate of drug-likeness (QED) is 0.137. The monoisotopic (exact) mass is 617 g/mol. The van der Waals surface area contributed by atoms with Crippen LogP contribution in [0.25, 0.3) is 17.4 Å². The van der Waals surface area contributed by atoms with Crippen LogP contribution in [-0.4, -0.2) is 35.3 Å². The molecule has 1 atom stereocenters. The molecule has 0 radical (unpaired) electrons. The van der Waals surface area contributed by atoms with Gasteiger partial charge in [0.25, 0.3) is 11.2 Å². The van der Waals surface area contributed by atoms with Crippen molar-refractivity contribution in [2.75, 3.05) is 19.8 Å². The second-order valence-electron chi connectivity index (χ2n) is 9.83. The average molecular weight is 618 g/mol. The smallest absolute Gasteiger partial charge is 0.338 e. The minimum Gasteiger partial charge on any atom is -0.490 e. The number of rotatable bonds is 10. The first-order valence-electron chi connectivity index (χ1n) is 14.1. The molecule has 2 aromatic heterocycles. The number of carbonyl (C=O) groups is 1. The Labute approximate surface area is 256 Å². The number of nitro benzene ring substituents is 1. The maximum absolute atomic E-state index is 14.0. The van der Waals surface area contributed by atoms with Crippen LogP contribution in [0.1, 0.15) is 50.6 Å². The topological polar surface area (TPSA) is 135 Å². The second kappa shape index (κ2) is 12.7. The Bertz CT molecular complexity index is 1970. The van der Waals surface area contributed by atoms with Gasteiger partial charge in [0.2, 0.25) is 0 Å². The third-order valence-corrected chi connectivity index (χ3v) is 7.97. The molecule has 228 valence electrons. The van der Waals surface area contributed by atoms with Crippen LogP contribution in [0.5, 0.6) is 11.5 Å². The van der Waals surface area contributed by atoms with Crippen molar-refractivity contribution in [2.45, 2.75) is 40.7 Å². The molecular weight excluding hydrogens is 586 g/mol. The van der Waals surface area contributed by atoms with Gasteiger partial charge < -0.3 is 18.6 Å². The largest absolute Gasteiger partial charge is 0.490 e. The van der Waals surface area contributed by atoms with Crippen molar-refractivity contribution in [1.29, 1.82) is 0 Å². The van der Waals surface area contributed by atoms with E-state index < -0.39 is 16.9 Å². The fourth-order valence-corrected chi connectivity index (χ4v) is 6.05.